The highest BCUT2D eigenvalue weighted by atomic mass is 32.2. The van der Waals surface area contributed by atoms with E-state index in [1.807, 2.05) is 20.1 Å². The summed E-state index contributed by atoms with van der Waals surface area (Å²) < 4.78 is 0. The lowest BCUT2D eigenvalue weighted by molar-refractivity contribution is -0.143. The van der Waals surface area contributed by atoms with Crippen LogP contribution in [0.5, 0.6) is 0 Å². The maximum Gasteiger partial charge on any atom is 0.326 e. The van der Waals surface area contributed by atoms with E-state index in [4.69, 9.17) is 10.8 Å². The van der Waals surface area contributed by atoms with Gasteiger partial charge in [0.2, 0.25) is 17.7 Å². The molecule has 31 heavy (non-hydrogen) atoms. The van der Waals surface area contributed by atoms with Crippen LogP contribution in [0, 0.1) is 5.92 Å². The Labute approximate surface area is 186 Å². The molecule has 4 atom stereocenters. The third-order valence-corrected chi connectivity index (χ3v) is 4.97. The van der Waals surface area contributed by atoms with Crippen LogP contribution in [-0.4, -0.2) is 76.0 Å². The number of carbonyl (C=O) groups excluding carboxylic acids is 3. The number of rotatable bonds is 15. The lowest BCUT2D eigenvalue weighted by Gasteiger charge is -2.24. The van der Waals surface area contributed by atoms with Gasteiger partial charge in [0.1, 0.15) is 18.1 Å². The summed E-state index contributed by atoms with van der Waals surface area (Å²) in [4.78, 5) is 59.2. The molecule has 0 fully saturated rings. The maximum absolute atomic E-state index is 12.6. The van der Waals surface area contributed by atoms with Crippen LogP contribution in [0.25, 0.3) is 0 Å². The van der Waals surface area contributed by atoms with Crippen LogP contribution in [0.1, 0.15) is 46.5 Å². The van der Waals surface area contributed by atoms with Gasteiger partial charge in [0.05, 0.1) is 6.04 Å². The van der Waals surface area contributed by atoms with Gasteiger partial charge in [0, 0.05) is 6.42 Å². The molecule has 0 aromatic heterocycles. The van der Waals surface area contributed by atoms with Gasteiger partial charge in [-0.2, -0.15) is 11.8 Å². The lowest BCUT2D eigenvalue weighted by Crippen LogP contribution is -2.56. The molecule has 0 spiro atoms. The van der Waals surface area contributed by atoms with Crippen LogP contribution in [0.3, 0.4) is 0 Å². The highest BCUT2D eigenvalue weighted by molar-refractivity contribution is 7.98. The number of aliphatic carboxylic acids is 2. The largest absolute Gasteiger partial charge is 0.481 e. The predicted octanol–water partition coefficient (Wildman–Crippen LogP) is -0.463. The van der Waals surface area contributed by atoms with Gasteiger partial charge < -0.3 is 31.9 Å². The number of hydrogen-bond acceptors (Lipinski definition) is 7. The van der Waals surface area contributed by atoms with Crippen molar-refractivity contribution in [1.29, 1.82) is 0 Å². The van der Waals surface area contributed by atoms with Gasteiger partial charge in [-0.15, -0.1) is 0 Å². The first-order valence-electron chi connectivity index (χ1n) is 9.99. The highest BCUT2D eigenvalue weighted by Gasteiger charge is 2.29. The summed E-state index contributed by atoms with van der Waals surface area (Å²) >= 11 is 1.54. The Morgan fingerprint density at radius 2 is 1.45 bits per heavy atom. The van der Waals surface area contributed by atoms with Crippen molar-refractivity contribution >= 4 is 41.4 Å². The van der Waals surface area contributed by atoms with Crippen LogP contribution in [-0.2, 0) is 24.0 Å². The molecule has 0 aliphatic heterocycles. The first-order valence-corrected chi connectivity index (χ1v) is 11.4. The lowest BCUT2D eigenvalue weighted by atomic mass is 10.0. The molecule has 0 aromatic carbocycles. The summed E-state index contributed by atoms with van der Waals surface area (Å²) in [6.45, 7) is 5.09. The zero-order valence-electron chi connectivity index (χ0n) is 18.3. The monoisotopic (exact) mass is 462 g/mol. The molecule has 3 amide bonds. The molecule has 0 radical (unpaired) electrons. The van der Waals surface area contributed by atoms with E-state index < -0.39 is 60.2 Å². The number of carboxylic acid groups (broad SMARTS) is 2. The van der Waals surface area contributed by atoms with Crippen molar-refractivity contribution in [3.63, 3.8) is 0 Å². The number of thioether (sulfide) groups is 1. The quantitative estimate of drug-likeness (QED) is 0.187. The Bertz CT molecular complexity index is 645. The highest BCUT2D eigenvalue weighted by Crippen LogP contribution is 2.07. The van der Waals surface area contributed by atoms with Crippen molar-refractivity contribution in [2.75, 3.05) is 12.0 Å². The van der Waals surface area contributed by atoms with E-state index in [1.165, 1.54) is 6.92 Å². The van der Waals surface area contributed by atoms with Crippen molar-refractivity contribution in [2.24, 2.45) is 11.7 Å². The van der Waals surface area contributed by atoms with E-state index in [9.17, 15) is 29.1 Å². The molecule has 0 aromatic rings. The molecule has 178 valence electrons. The van der Waals surface area contributed by atoms with Crippen molar-refractivity contribution < 1.29 is 34.2 Å². The first-order chi connectivity index (χ1) is 14.4. The van der Waals surface area contributed by atoms with Crippen LogP contribution in [0.15, 0.2) is 0 Å². The normalized spacial score (nSPS) is 14.8. The Morgan fingerprint density at radius 1 is 0.871 bits per heavy atom. The van der Waals surface area contributed by atoms with Gasteiger partial charge in [-0.3, -0.25) is 19.2 Å². The number of nitrogens with one attached hydrogen (secondary N) is 3. The van der Waals surface area contributed by atoms with E-state index in [-0.39, 0.29) is 18.8 Å². The fraction of sp³-hybridized carbons (Fsp3) is 0.737. The average Bonchev–Trinajstić information content (AvgIpc) is 2.67. The van der Waals surface area contributed by atoms with E-state index in [2.05, 4.69) is 16.0 Å². The first kappa shape index (κ1) is 28.7. The maximum atomic E-state index is 12.6. The summed E-state index contributed by atoms with van der Waals surface area (Å²) in [5, 5.41) is 25.3. The summed E-state index contributed by atoms with van der Waals surface area (Å²) in [6.07, 6.45) is 1.83. The molecule has 0 saturated heterocycles. The molecule has 12 heteroatoms. The molecule has 0 rings (SSSR count). The molecular weight excluding hydrogens is 428 g/mol. The average molecular weight is 463 g/mol. The molecule has 0 saturated carbocycles. The minimum absolute atomic E-state index is 0.0109. The second-order valence-corrected chi connectivity index (χ2v) is 8.63. The standard InChI is InChI=1S/C19H34N4O7S/c1-10(2)9-14(18(28)22-13(19(29)30)5-6-15(24)25)23-16(26)11(3)21-17(27)12(20)7-8-31-4/h10-14H,5-9,20H2,1-4H3,(H,21,27)(H,22,28)(H,23,26)(H,24,25)(H,29,30). The Morgan fingerprint density at radius 3 is 1.94 bits per heavy atom. The third-order valence-electron chi connectivity index (χ3n) is 4.32. The number of carboxylic acids is 2. The molecule has 0 bridgehead atoms. The number of hydrogen-bond donors (Lipinski definition) is 6. The van der Waals surface area contributed by atoms with Gasteiger partial charge in [-0.05, 0) is 44.1 Å². The number of carbonyl (C=O) groups is 5. The summed E-state index contributed by atoms with van der Waals surface area (Å²) in [6, 6.07) is -4.17. The Hall–Kier alpha value is -2.34. The SMILES string of the molecule is CSCCC(N)C(=O)NC(C)C(=O)NC(CC(C)C)C(=O)NC(CCC(=O)O)C(=O)O. The second kappa shape index (κ2) is 14.6. The molecule has 7 N–H and O–H groups in total. The van der Waals surface area contributed by atoms with Crippen LogP contribution < -0.4 is 21.7 Å². The molecule has 0 heterocycles. The molecule has 0 aliphatic carbocycles. The van der Waals surface area contributed by atoms with Crippen molar-refractivity contribution in [1.82, 2.24) is 16.0 Å². The van der Waals surface area contributed by atoms with E-state index in [0.29, 0.717) is 12.2 Å². The van der Waals surface area contributed by atoms with Crippen LogP contribution in [0.2, 0.25) is 0 Å². The summed E-state index contributed by atoms with van der Waals surface area (Å²) in [5.41, 5.74) is 5.78. The van der Waals surface area contributed by atoms with Gasteiger partial charge >= 0.3 is 11.9 Å². The van der Waals surface area contributed by atoms with Crippen molar-refractivity contribution in [3.8, 4) is 0 Å². The molecule has 11 nitrogen and oxygen atoms in total. The van der Waals surface area contributed by atoms with Crippen LogP contribution >= 0.6 is 11.8 Å². The van der Waals surface area contributed by atoms with E-state index in [1.54, 1.807) is 11.8 Å². The number of nitrogens with two attached hydrogens (primary N) is 1. The van der Waals surface area contributed by atoms with Crippen molar-refractivity contribution in [2.45, 2.75) is 70.6 Å². The van der Waals surface area contributed by atoms with Gasteiger partial charge in [0.25, 0.3) is 0 Å². The third kappa shape index (κ3) is 12.2. The zero-order valence-corrected chi connectivity index (χ0v) is 19.2. The molecule has 0 aliphatic rings. The fourth-order valence-electron chi connectivity index (χ4n) is 2.56. The summed E-state index contributed by atoms with van der Waals surface area (Å²) in [7, 11) is 0. The van der Waals surface area contributed by atoms with E-state index in [0.717, 1.165) is 0 Å². The van der Waals surface area contributed by atoms with Gasteiger partial charge in [-0.1, -0.05) is 13.8 Å². The summed E-state index contributed by atoms with van der Waals surface area (Å²) in [5.74, 6) is -3.72. The topological polar surface area (TPSA) is 188 Å². The fourth-order valence-corrected chi connectivity index (χ4v) is 3.05. The number of amides is 3. The van der Waals surface area contributed by atoms with E-state index >= 15 is 0 Å². The minimum atomic E-state index is -1.40. The Balaban J connectivity index is 5.07. The van der Waals surface area contributed by atoms with Crippen molar-refractivity contribution in [3.05, 3.63) is 0 Å². The van der Waals surface area contributed by atoms with Crippen LogP contribution in [0.4, 0.5) is 0 Å². The molecular formula is C19H34N4O7S. The predicted molar refractivity (Wildman–Crippen MR) is 116 cm³/mol. The van der Waals surface area contributed by atoms with Gasteiger partial charge in [0.15, 0.2) is 0 Å². The van der Waals surface area contributed by atoms with Gasteiger partial charge in [-0.25, -0.2) is 4.79 Å². The second-order valence-electron chi connectivity index (χ2n) is 7.64. The molecule has 4 unspecified atom stereocenters. The minimum Gasteiger partial charge on any atom is -0.481 e. The Kier molecular flexibility index (Phi) is 13.5. The zero-order chi connectivity index (χ0) is 24.1. The smallest absolute Gasteiger partial charge is 0.326 e.